The maximum atomic E-state index is 12.8. The van der Waals surface area contributed by atoms with E-state index >= 15 is 0 Å². The van der Waals surface area contributed by atoms with Crippen LogP contribution >= 0.6 is 0 Å². The maximum absolute atomic E-state index is 12.8. The lowest BCUT2D eigenvalue weighted by Crippen LogP contribution is -2.52. The molecule has 3 amide bonds. The number of esters is 1. The molecule has 0 aliphatic heterocycles. The average Bonchev–Trinajstić information content (AvgIpc) is 2.60. The molecule has 0 aliphatic carbocycles. The number of imide groups is 1. The molecule has 0 saturated carbocycles. The molecule has 0 radical (unpaired) electrons. The van der Waals surface area contributed by atoms with Crippen LogP contribution in [0.15, 0.2) is 11.6 Å². The first-order valence-electron chi connectivity index (χ1n) is 10.4. The highest BCUT2D eigenvalue weighted by Gasteiger charge is 2.40. The van der Waals surface area contributed by atoms with Gasteiger partial charge in [-0.15, -0.1) is 0 Å². The molecule has 0 bridgehead atoms. The minimum absolute atomic E-state index is 0.0147. The summed E-state index contributed by atoms with van der Waals surface area (Å²) in [6, 6.07) is -1.33. The first-order chi connectivity index (χ1) is 14.9. The van der Waals surface area contributed by atoms with Crippen LogP contribution in [0.4, 0.5) is 14.4 Å². The van der Waals surface area contributed by atoms with Crippen molar-refractivity contribution in [2.75, 3.05) is 13.7 Å². The zero-order chi connectivity index (χ0) is 26.1. The van der Waals surface area contributed by atoms with Crippen molar-refractivity contribution in [3.05, 3.63) is 11.6 Å². The highest BCUT2D eigenvalue weighted by atomic mass is 16.6. The monoisotopic (exact) mass is 471 g/mol. The average molecular weight is 472 g/mol. The van der Waals surface area contributed by atoms with Crippen molar-refractivity contribution in [1.29, 1.82) is 5.41 Å². The number of hydrogen-bond acceptors (Lipinski definition) is 8. The Hall–Kier alpha value is -3.11. The van der Waals surface area contributed by atoms with Gasteiger partial charge in [-0.2, -0.15) is 4.90 Å². The molecule has 0 aliphatic rings. The minimum atomic E-state index is -1.33. The molecule has 0 aromatic carbocycles. The third-order valence-corrected chi connectivity index (χ3v) is 3.94. The summed E-state index contributed by atoms with van der Waals surface area (Å²) in [5.74, 6) is -0.969. The van der Waals surface area contributed by atoms with E-state index in [4.69, 9.17) is 19.6 Å². The van der Waals surface area contributed by atoms with Gasteiger partial charge in [0.25, 0.3) is 0 Å². The van der Waals surface area contributed by atoms with Gasteiger partial charge in [0.15, 0.2) is 0 Å². The van der Waals surface area contributed by atoms with Crippen LogP contribution < -0.4 is 0 Å². The number of amidine groups is 1. The Bertz CT molecular complexity index is 735. The molecule has 2 N–H and O–H groups in total. The van der Waals surface area contributed by atoms with Crippen molar-refractivity contribution in [1.82, 2.24) is 9.80 Å². The van der Waals surface area contributed by atoms with E-state index in [-0.39, 0.29) is 25.2 Å². The number of nitrogens with one attached hydrogen (secondary N) is 1. The highest BCUT2D eigenvalue weighted by Crippen LogP contribution is 2.20. The summed E-state index contributed by atoms with van der Waals surface area (Å²) >= 11 is 0. The second-order valence-corrected chi connectivity index (χ2v) is 9.45. The summed E-state index contributed by atoms with van der Waals surface area (Å²) in [5, 5.41) is 16.7. The fraction of sp³-hybridized carbons (Fsp3) is 0.682. The van der Waals surface area contributed by atoms with Gasteiger partial charge in [-0.05, 0) is 68.2 Å². The van der Waals surface area contributed by atoms with Gasteiger partial charge in [-0.25, -0.2) is 19.2 Å². The molecule has 0 spiro atoms. The van der Waals surface area contributed by atoms with Gasteiger partial charge in [-0.3, -0.25) is 10.3 Å². The van der Waals surface area contributed by atoms with Crippen LogP contribution in [0.5, 0.6) is 0 Å². The summed E-state index contributed by atoms with van der Waals surface area (Å²) < 4.78 is 15.4. The van der Waals surface area contributed by atoms with Gasteiger partial charge in [0.05, 0.1) is 13.7 Å². The molecule has 188 valence electrons. The van der Waals surface area contributed by atoms with E-state index < -0.39 is 41.5 Å². The number of carboxylic acid groups (broad SMARTS) is 1. The number of allylic oxidation sites excluding steroid dienone is 1. The smallest absolute Gasteiger partial charge is 0.420 e. The lowest BCUT2D eigenvalue weighted by molar-refractivity contribution is -0.146. The lowest BCUT2D eigenvalue weighted by atomic mass is 10.1. The van der Waals surface area contributed by atoms with E-state index in [1.807, 2.05) is 0 Å². The predicted molar refractivity (Wildman–Crippen MR) is 121 cm³/mol. The quantitative estimate of drug-likeness (QED) is 0.182. The molecule has 11 nitrogen and oxygen atoms in total. The number of hydrogen-bond donors (Lipinski definition) is 2. The molecule has 0 fully saturated rings. The summed E-state index contributed by atoms with van der Waals surface area (Å²) in [4.78, 5) is 50.9. The zero-order valence-corrected chi connectivity index (χ0v) is 21.0. The standard InChI is InChI=1S/C22H37N3O8/c1-14(13-24(15(2)23)18(27)28)11-10-12-16(17(26)31-9)25(19(29)32-21(3,4)5)20(30)33-22(6,7)8/h11,16,23H,10,12-13H2,1-9H3,(H,27,28)/b14-11+,23-15?. The first-order valence-corrected chi connectivity index (χ1v) is 10.4. The Morgan fingerprint density at radius 3 is 1.76 bits per heavy atom. The summed E-state index contributed by atoms with van der Waals surface area (Å²) in [7, 11) is 1.14. The molecule has 1 unspecified atom stereocenters. The zero-order valence-electron chi connectivity index (χ0n) is 21.0. The van der Waals surface area contributed by atoms with Gasteiger partial charge in [-0.1, -0.05) is 11.6 Å². The molecule has 0 heterocycles. The molecular weight excluding hydrogens is 434 g/mol. The highest BCUT2D eigenvalue weighted by molar-refractivity contribution is 5.94. The number of carbonyl (C=O) groups excluding carboxylic acids is 3. The second-order valence-electron chi connectivity index (χ2n) is 9.45. The number of nitrogens with zero attached hydrogens (tertiary/aromatic N) is 2. The largest absolute Gasteiger partial charge is 0.467 e. The minimum Gasteiger partial charge on any atom is -0.467 e. The summed E-state index contributed by atoms with van der Waals surface area (Å²) in [6.45, 7) is 12.7. The Balaban J connectivity index is 5.83. The molecule has 0 aromatic rings. The molecule has 33 heavy (non-hydrogen) atoms. The van der Waals surface area contributed by atoms with Crippen LogP contribution in [0.2, 0.25) is 0 Å². The molecule has 0 saturated heterocycles. The summed E-state index contributed by atoms with van der Waals surface area (Å²) in [6.07, 6.45) is -1.51. The van der Waals surface area contributed by atoms with Crippen molar-refractivity contribution in [3.63, 3.8) is 0 Å². The third kappa shape index (κ3) is 11.4. The van der Waals surface area contributed by atoms with Crippen molar-refractivity contribution in [2.24, 2.45) is 0 Å². The Kier molecular flexibility index (Phi) is 11.1. The molecular formula is C22H37N3O8. The number of carbonyl (C=O) groups is 4. The van der Waals surface area contributed by atoms with Crippen molar-refractivity contribution >= 4 is 30.1 Å². The van der Waals surface area contributed by atoms with Crippen LogP contribution in [-0.2, 0) is 19.0 Å². The van der Waals surface area contributed by atoms with Gasteiger partial charge in [0, 0.05) is 0 Å². The fourth-order valence-corrected chi connectivity index (χ4v) is 2.57. The van der Waals surface area contributed by atoms with Crippen LogP contribution in [0.1, 0.15) is 68.2 Å². The Morgan fingerprint density at radius 1 is 0.970 bits per heavy atom. The predicted octanol–water partition coefficient (Wildman–Crippen LogP) is 4.40. The van der Waals surface area contributed by atoms with E-state index in [1.165, 1.54) is 6.92 Å². The molecule has 0 rings (SSSR count). The number of methoxy groups -OCH3 is 1. The van der Waals surface area contributed by atoms with Gasteiger partial charge < -0.3 is 19.3 Å². The van der Waals surface area contributed by atoms with Crippen LogP contribution in [0.25, 0.3) is 0 Å². The van der Waals surface area contributed by atoms with Crippen LogP contribution in [0, 0.1) is 5.41 Å². The van der Waals surface area contributed by atoms with Crippen LogP contribution in [0.3, 0.4) is 0 Å². The molecule has 1 atom stereocenters. The first kappa shape index (κ1) is 29.9. The third-order valence-electron chi connectivity index (χ3n) is 3.94. The van der Waals surface area contributed by atoms with Gasteiger partial charge in [0.1, 0.15) is 23.1 Å². The van der Waals surface area contributed by atoms with E-state index in [9.17, 15) is 24.3 Å². The SMILES string of the molecule is COC(=O)C(CC/C=C(\C)CN(C(C)=N)C(=O)O)N(C(=O)OC(C)(C)C)C(=O)OC(C)(C)C. The maximum Gasteiger partial charge on any atom is 0.420 e. The fourth-order valence-electron chi connectivity index (χ4n) is 2.57. The van der Waals surface area contributed by atoms with E-state index in [0.717, 1.165) is 12.0 Å². The molecule has 11 heteroatoms. The Labute approximate surface area is 195 Å². The Morgan fingerprint density at radius 2 is 1.42 bits per heavy atom. The van der Waals surface area contributed by atoms with Gasteiger partial charge >= 0.3 is 24.2 Å². The molecule has 0 aromatic heterocycles. The number of rotatable bonds is 7. The van der Waals surface area contributed by atoms with E-state index in [2.05, 4.69) is 0 Å². The topological polar surface area (TPSA) is 147 Å². The van der Waals surface area contributed by atoms with Gasteiger partial charge in [0.2, 0.25) is 0 Å². The van der Waals surface area contributed by atoms with Crippen molar-refractivity contribution < 1.29 is 38.5 Å². The number of amides is 3. The summed E-state index contributed by atoms with van der Waals surface area (Å²) in [5.41, 5.74) is -1.24. The second kappa shape index (κ2) is 12.2. The van der Waals surface area contributed by atoms with Crippen LogP contribution in [-0.4, -0.2) is 75.9 Å². The van der Waals surface area contributed by atoms with Crippen molar-refractivity contribution in [2.45, 2.75) is 85.5 Å². The normalized spacial score (nSPS) is 12.9. The van der Waals surface area contributed by atoms with Crippen molar-refractivity contribution in [3.8, 4) is 0 Å². The lowest BCUT2D eigenvalue weighted by Gasteiger charge is -2.32. The number of ether oxygens (including phenoxy) is 3. The van der Waals surface area contributed by atoms with E-state index in [1.54, 1.807) is 54.5 Å². The van der Waals surface area contributed by atoms with E-state index in [0.29, 0.717) is 10.5 Å².